The van der Waals surface area contributed by atoms with Crippen LogP contribution in [0.4, 0.5) is 42.0 Å². The van der Waals surface area contributed by atoms with Gasteiger partial charge in [0.25, 0.3) is 5.91 Å². The first kappa shape index (κ1) is 24.5. The van der Waals surface area contributed by atoms with Crippen molar-refractivity contribution < 1.29 is 22.7 Å². The van der Waals surface area contributed by atoms with Gasteiger partial charge in [0.2, 0.25) is 5.95 Å². The number of aromatic nitrogens is 2. The van der Waals surface area contributed by atoms with E-state index in [0.717, 1.165) is 23.0 Å². The summed E-state index contributed by atoms with van der Waals surface area (Å²) in [4.78, 5) is 21.4. The number of nitrogens with zero attached hydrogens (tertiary/aromatic N) is 2. The molecule has 36 heavy (non-hydrogen) atoms. The summed E-state index contributed by atoms with van der Waals surface area (Å²) in [5, 5.41) is 8.93. The number of benzene rings is 3. The zero-order chi connectivity index (χ0) is 25.7. The largest absolute Gasteiger partial charge is 0.573 e. The fourth-order valence-electron chi connectivity index (χ4n) is 3.31. The van der Waals surface area contributed by atoms with Gasteiger partial charge >= 0.3 is 6.36 Å². The Hall–Kier alpha value is -4.60. The molecule has 7 nitrogen and oxygen atoms in total. The van der Waals surface area contributed by atoms with E-state index in [1.807, 2.05) is 38.1 Å². The maximum Gasteiger partial charge on any atom is 0.573 e. The van der Waals surface area contributed by atoms with Crippen LogP contribution in [0.5, 0.6) is 5.75 Å². The molecule has 0 saturated heterocycles. The topological polar surface area (TPSA) is 88.2 Å². The smallest absolute Gasteiger partial charge is 0.405 e. The predicted molar refractivity (Wildman–Crippen MR) is 132 cm³/mol. The molecule has 184 valence electrons. The summed E-state index contributed by atoms with van der Waals surface area (Å²) in [6.07, 6.45) is -4.90. The van der Waals surface area contributed by atoms with Crippen LogP contribution in [0.1, 0.15) is 21.6 Å². The number of hydrogen-bond donors (Lipinski definition) is 3. The Kier molecular flexibility index (Phi) is 7.05. The molecule has 1 amide bonds. The second-order valence-electron chi connectivity index (χ2n) is 7.91. The van der Waals surface area contributed by atoms with Crippen molar-refractivity contribution in [3.63, 3.8) is 0 Å². The van der Waals surface area contributed by atoms with Crippen LogP contribution in [0, 0.1) is 13.8 Å². The molecule has 0 fully saturated rings. The molecule has 3 aromatic carbocycles. The fraction of sp³-hybridized carbons (Fsp3) is 0.115. The number of ether oxygens (including phenoxy) is 1. The number of aryl methyl sites for hydroxylation is 2. The Balaban J connectivity index is 1.43. The zero-order valence-electron chi connectivity index (χ0n) is 19.4. The minimum atomic E-state index is -4.90. The molecular formula is C26H22F3N5O2. The van der Waals surface area contributed by atoms with Crippen LogP contribution in [-0.2, 0) is 0 Å². The van der Waals surface area contributed by atoms with Crippen LogP contribution in [0.3, 0.4) is 0 Å². The molecular weight excluding hydrogens is 471 g/mol. The Morgan fingerprint density at radius 1 is 0.806 bits per heavy atom. The molecule has 0 bridgehead atoms. The standard InChI is InChI=1S/C26H22F3N5O2/c1-16-7-9-20(10-8-16)33-25-30-17(2)15-23(34-25)31-18-11-13-19(14-12-18)32-24(35)21-5-3-4-6-22(21)36-26(27,28)29/h3-15H,1-2H3,(H,32,35)(H2,30,31,33,34). The van der Waals surface area contributed by atoms with Gasteiger partial charge in [-0.05, 0) is 62.4 Å². The van der Waals surface area contributed by atoms with Crippen molar-refractivity contribution in [2.24, 2.45) is 0 Å². The van der Waals surface area contributed by atoms with Crippen LogP contribution in [-0.4, -0.2) is 22.2 Å². The SMILES string of the molecule is Cc1ccc(Nc2nc(C)cc(Nc3ccc(NC(=O)c4ccccc4OC(F)(F)F)cc3)n2)cc1. The van der Waals surface area contributed by atoms with E-state index in [2.05, 4.69) is 30.7 Å². The van der Waals surface area contributed by atoms with Gasteiger partial charge < -0.3 is 20.7 Å². The number of halogens is 3. The molecule has 0 aliphatic heterocycles. The number of anilines is 5. The third kappa shape index (κ3) is 6.72. The summed E-state index contributed by atoms with van der Waals surface area (Å²) < 4.78 is 41.9. The van der Waals surface area contributed by atoms with Gasteiger partial charge in [-0.2, -0.15) is 4.98 Å². The molecule has 0 spiro atoms. The lowest BCUT2D eigenvalue weighted by atomic mass is 10.2. The van der Waals surface area contributed by atoms with Gasteiger partial charge in [0, 0.05) is 28.8 Å². The molecule has 0 saturated carbocycles. The molecule has 1 aromatic heterocycles. The first-order valence-electron chi connectivity index (χ1n) is 10.9. The van der Waals surface area contributed by atoms with Crippen molar-refractivity contribution in [2.75, 3.05) is 16.0 Å². The number of nitrogens with one attached hydrogen (secondary N) is 3. The van der Waals surface area contributed by atoms with E-state index in [4.69, 9.17) is 0 Å². The lowest BCUT2D eigenvalue weighted by Crippen LogP contribution is -2.20. The highest BCUT2D eigenvalue weighted by atomic mass is 19.4. The number of carbonyl (C=O) groups is 1. The second kappa shape index (κ2) is 10.3. The van der Waals surface area contributed by atoms with Crippen LogP contribution in [0.25, 0.3) is 0 Å². The van der Waals surface area contributed by atoms with Crippen molar-refractivity contribution in [1.29, 1.82) is 0 Å². The molecule has 0 radical (unpaired) electrons. The maximum absolute atomic E-state index is 12.6. The average Bonchev–Trinajstić information content (AvgIpc) is 2.81. The van der Waals surface area contributed by atoms with Crippen molar-refractivity contribution in [1.82, 2.24) is 9.97 Å². The number of rotatable bonds is 7. The summed E-state index contributed by atoms with van der Waals surface area (Å²) in [5.41, 5.74) is 3.61. The monoisotopic (exact) mass is 493 g/mol. The van der Waals surface area contributed by atoms with Gasteiger partial charge in [0.15, 0.2) is 0 Å². The third-order valence-electron chi connectivity index (χ3n) is 4.93. The lowest BCUT2D eigenvalue weighted by molar-refractivity contribution is -0.274. The van der Waals surface area contributed by atoms with E-state index >= 15 is 0 Å². The second-order valence-corrected chi connectivity index (χ2v) is 7.91. The number of alkyl halides is 3. The van der Waals surface area contributed by atoms with E-state index in [1.54, 1.807) is 30.3 Å². The van der Waals surface area contributed by atoms with E-state index in [-0.39, 0.29) is 5.56 Å². The Labute approximate surface area is 205 Å². The van der Waals surface area contributed by atoms with E-state index in [9.17, 15) is 18.0 Å². The molecule has 0 aliphatic rings. The average molecular weight is 493 g/mol. The number of carbonyl (C=O) groups excluding carboxylic acids is 1. The number of hydrogen-bond acceptors (Lipinski definition) is 6. The third-order valence-corrected chi connectivity index (χ3v) is 4.93. The Morgan fingerprint density at radius 3 is 2.11 bits per heavy atom. The molecule has 3 N–H and O–H groups in total. The highest BCUT2D eigenvalue weighted by molar-refractivity contribution is 6.06. The number of amides is 1. The van der Waals surface area contributed by atoms with Crippen molar-refractivity contribution in [3.05, 3.63) is 95.7 Å². The van der Waals surface area contributed by atoms with Crippen LogP contribution in [0.15, 0.2) is 78.9 Å². The van der Waals surface area contributed by atoms with E-state index in [1.165, 1.54) is 18.2 Å². The summed E-state index contributed by atoms with van der Waals surface area (Å²) in [6, 6.07) is 21.4. The minimum absolute atomic E-state index is 0.234. The van der Waals surface area contributed by atoms with Gasteiger partial charge in [-0.15, -0.1) is 13.2 Å². The maximum atomic E-state index is 12.6. The normalized spacial score (nSPS) is 11.0. The molecule has 1 heterocycles. The Morgan fingerprint density at radius 2 is 1.42 bits per heavy atom. The van der Waals surface area contributed by atoms with Crippen LogP contribution < -0.4 is 20.7 Å². The summed E-state index contributed by atoms with van der Waals surface area (Å²) >= 11 is 0. The summed E-state index contributed by atoms with van der Waals surface area (Å²) in [7, 11) is 0. The van der Waals surface area contributed by atoms with Crippen LogP contribution in [0.2, 0.25) is 0 Å². The minimum Gasteiger partial charge on any atom is -0.405 e. The quantitative estimate of drug-likeness (QED) is 0.265. The molecule has 4 aromatic rings. The van der Waals surface area contributed by atoms with Gasteiger partial charge in [-0.25, -0.2) is 4.98 Å². The van der Waals surface area contributed by atoms with Gasteiger partial charge in [-0.1, -0.05) is 29.8 Å². The van der Waals surface area contributed by atoms with Crippen molar-refractivity contribution in [3.8, 4) is 5.75 Å². The lowest BCUT2D eigenvalue weighted by Gasteiger charge is -2.13. The highest BCUT2D eigenvalue weighted by Gasteiger charge is 2.32. The van der Waals surface area contributed by atoms with Gasteiger partial charge in [0.1, 0.15) is 11.6 Å². The highest BCUT2D eigenvalue weighted by Crippen LogP contribution is 2.27. The van der Waals surface area contributed by atoms with E-state index < -0.39 is 18.0 Å². The molecule has 0 unspecified atom stereocenters. The first-order valence-corrected chi connectivity index (χ1v) is 10.9. The van der Waals surface area contributed by atoms with Gasteiger partial charge in [0.05, 0.1) is 5.56 Å². The molecule has 10 heteroatoms. The summed E-state index contributed by atoms with van der Waals surface area (Å²) in [5.74, 6) is -0.305. The first-order chi connectivity index (χ1) is 17.1. The van der Waals surface area contributed by atoms with E-state index in [0.29, 0.717) is 23.1 Å². The van der Waals surface area contributed by atoms with Crippen LogP contribution >= 0.6 is 0 Å². The zero-order valence-corrected chi connectivity index (χ0v) is 19.4. The number of para-hydroxylation sites is 1. The van der Waals surface area contributed by atoms with Crippen molar-refractivity contribution >= 4 is 34.7 Å². The molecule has 0 atom stereocenters. The fourth-order valence-corrected chi connectivity index (χ4v) is 3.31. The molecule has 4 rings (SSSR count). The summed E-state index contributed by atoms with van der Waals surface area (Å²) in [6.45, 7) is 3.86. The predicted octanol–water partition coefficient (Wildman–Crippen LogP) is 6.73. The van der Waals surface area contributed by atoms with Gasteiger partial charge in [-0.3, -0.25) is 4.79 Å². The Bertz CT molecular complexity index is 1360. The van der Waals surface area contributed by atoms with Crippen molar-refractivity contribution in [2.45, 2.75) is 20.2 Å². The molecule has 0 aliphatic carbocycles.